The van der Waals surface area contributed by atoms with Gasteiger partial charge in [-0.15, -0.1) is 0 Å². The number of methoxy groups -OCH3 is 1. The van der Waals surface area contributed by atoms with Crippen LogP contribution in [0, 0.1) is 6.92 Å². The van der Waals surface area contributed by atoms with Crippen LogP contribution in [0.2, 0.25) is 0 Å². The lowest BCUT2D eigenvalue weighted by atomic mass is 10.1. The molecule has 1 rings (SSSR count). The van der Waals surface area contributed by atoms with Crippen molar-refractivity contribution in [3.05, 3.63) is 35.4 Å². The zero-order valence-electron chi connectivity index (χ0n) is 9.82. The molecule has 0 fully saturated rings. The lowest BCUT2D eigenvalue weighted by Crippen LogP contribution is -1.99. The minimum atomic E-state index is -0.342. The van der Waals surface area contributed by atoms with Crippen molar-refractivity contribution in [1.82, 2.24) is 0 Å². The van der Waals surface area contributed by atoms with Crippen molar-refractivity contribution >= 4 is 12.0 Å². The minimum absolute atomic E-state index is 0.342. The van der Waals surface area contributed by atoms with E-state index in [2.05, 4.69) is 0 Å². The van der Waals surface area contributed by atoms with Gasteiger partial charge in [-0.25, -0.2) is 4.79 Å². The van der Waals surface area contributed by atoms with E-state index in [-0.39, 0.29) is 5.97 Å². The number of ether oxygens (including phenoxy) is 2. The van der Waals surface area contributed by atoms with Crippen LogP contribution in [0.15, 0.2) is 24.3 Å². The Bertz CT molecular complexity index is 394. The van der Waals surface area contributed by atoms with E-state index in [0.717, 1.165) is 16.9 Å². The van der Waals surface area contributed by atoms with Crippen LogP contribution in [0.4, 0.5) is 0 Å². The van der Waals surface area contributed by atoms with Crippen LogP contribution in [-0.2, 0) is 9.53 Å². The molecule has 1 aromatic rings. The van der Waals surface area contributed by atoms with Gasteiger partial charge >= 0.3 is 5.97 Å². The Balaban J connectivity index is 2.88. The molecule has 0 saturated carbocycles. The smallest absolute Gasteiger partial charge is 0.330 e. The van der Waals surface area contributed by atoms with Gasteiger partial charge in [0.25, 0.3) is 0 Å². The number of hydrogen-bond acceptors (Lipinski definition) is 3. The minimum Gasteiger partial charge on any atom is -0.496 e. The normalized spacial score (nSPS) is 10.4. The van der Waals surface area contributed by atoms with Crippen molar-refractivity contribution in [2.45, 2.75) is 13.8 Å². The van der Waals surface area contributed by atoms with E-state index in [1.54, 1.807) is 20.1 Å². The molecule has 3 heteroatoms. The third-order valence-electron chi connectivity index (χ3n) is 2.13. The Morgan fingerprint density at radius 2 is 2.19 bits per heavy atom. The number of carbonyl (C=O) groups excluding carboxylic acids is 1. The predicted molar refractivity (Wildman–Crippen MR) is 63.4 cm³/mol. The molecule has 86 valence electrons. The molecule has 0 aliphatic heterocycles. The summed E-state index contributed by atoms with van der Waals surface area (Å²) in [6, 6.07) is 5.77. The SMILES string of the molecule is CCOC(=O)/C=C/c1cccc(C)c1OC. The maximum atomic E-state index is 11.2. The van der Waals surface area contributed by atoms with E-state index in [9.17, 15) is 4.79 Å². The van der Waals surface area contributed by atoms with Gasteiger partial charge < -0.3 is 9.47 Å². The first-order chi connectivity index (χ1) is 7.69. The van der Waals surface area contributed by atoms with Crippen LogP contribution in [-0.4, -0.2) is 19.7 Å². The van der Waals surface area contributed by atoms with Gasteiger partial charge in [-0.3, -0.25) is 0 Å². The Labute approximate surface area is 95.7 Å². The summed E-state index contributed by atoms with van der Waals surface area (Å²) in [4.78, 5) is 11.2. The van der Waals surface area contributed by atoms with Crippen LogP contribution in [0.25, 0.3) is 6.08 Å². The number of hydrogen-bond donors (Lipinski definition) is 0. The van der Waals surface area contributed by atoms with Gasteiger partial charge in [-0.2, -0.15) is 0 Å². The summed E-state index contributed by atoms with van der Waals surface area (Å²) in [5.74, 6) is 0.439. The molecule has 3 nitrogen and oxygen atoms in total. The fourth-order valence-corrected chi connectivity index (χ4v) is 1.43. The van der Waals surface area contributed by atoms with Crippen molar-refractivity contribution in [1.29, 1.82) is 0 Å². The van der Waals surface area contributed by atoms with Crippen molar-refractivity contribution in [2.75, 3.05) is 13.7 Å². The maximum Gasteiger partial charge on any atom is 0.330 e. The predicted octanol–water partition coefficient (Wildman–Crippen LogP) is 2.58. The number of benzene rings is 1. The number of rotatable bonds is 4. The molecule has 0 unspecified atom stereocenters. The summed E-state index contributed by atoms with van der Waals surface area (Å²) in [5.41, 5.74) is 1.91. The average molecular weight is 220 g/mol. The lowest BCUT2D eigenvalue weighted by Gasteiger charge is -2.07. The molecule has 16 heavy (non-hydrogen) atoms. The Morgan fingerprint density at radius 3 is 2.81 bits per heavy atom. The third kappa shape index (κ3) is 3.12. The summed E-state index contributed by atoms with van der Waals surface area (Å²) in [6.07, 6.45) is 3.10. The van der Waals surface area contributed by atoms with Crippen LogP contribution < -0.4 is 4.74 Å². The fraction of sp³-hybridized carbons (Fsp3) is 0.308. The molecular weight excluding hydrogens is 204 g/mol. The molecular formula is C13H16O3. The van der Waals surface area contributed by atoms with Gasteiger partial charge in [0.1, 0.15) is 5.75 Å². The number of esters is 1. The molecule has 0 atom stereocenters. The highest BCUT2D eigenvalue weighted by atomic mass is 16.5. The van der Waals surface area contributed by atoms with Gasteiger partial charge in [0, 0.05) is 11.6 Å². The lowest BCUT2D eigenvalue weighted by molar-refractivity contribution is -0.137. The molecule has 0 radical (unpaired) electrons. The third-order valence-corrected chi connectivity index (χ3v) is 2.13. The summed E-state index contributed by atoms with van der Waals surface area (Å²) in [5, 5.41) is 0. The molecule has 0 aromatic heterocycles. The van der Waals surface area contributed by atoms with Gasteiger partial charge in [-0.05, 0) is 25.5 Å². The van der Waals surface area contributed by atoms with Gasteiger partial charge in [0.2, 0.25) is 0 Å². The second-order valence-electron chi connectivity index (χ2n) is 3.28. The monoisotopic (exact) mass is 220 g/mol. The number of para-hydroxylation sites is 1. The second kappa shape index (κ2) is 5.95. The van der Waals surface area contributed by atoms with Crippen LogP contribution >= 0.6 is 0 Å². The highest BCUT2D eigenvalue weighted by Crippen LogP contribution is 2.23. The molecule has 0 aliphatic carbocycles. The van der Waals surface area contributed by atoms with E-state index < -0.39 is 0 Å². The molecule has 0 amide bonds. The van der Waals surface area contributed by atoms with E-state index in [1.807, 2.05) is 25.1 Å². The highest BCUT2D eigenvalue weighted by molar-refractivity contribution is 5.87. The standard InChI is InChI=1S/C13H16O3/c1-4-16-12(14)9-8-11-7-5-6-10(2)13(11)15-3/h5-9H,4H2,1-3H3/b9-8+. The largest absolute Gasteiger partial charge is 0.496 e. The van der Waals surface area contributed by atoms with Crippen LogP contribution in [0.5, 0.6) is 5.75 Å². The average Bonchev–Trinajstić information content (AvgIpc) is 2.27. The Kier molecular flexibility index (Phi) is 4.58. The van der Waals surface area contributed by atoms with E-state index in [1.165, 1.54) is 6.08 Å². The molecule has 0 bridgehead atoms. The van der Waals surface area contributed by atoms with Crippen molar-refractivity contribution in [3.63, 3.8) is 0 Å². The van der Waals surface area contributed by atoms with Crippen LogP contribution in [0.3, 0.4) is 0 Å². The number of aryl methyl sites for hydroxylation is 1. The first-order valence-corrected chi connectivity index (χ1v) is 5.17. The van der Waals surface area contributed by atoms with Crippen LogP contribution in [0.1, 0.15) is 18.1 Å². The first kappa shape index (κ1) is 12.3. The Hall–Kier alpha value is -1.77. The summed E-state index contributed by atoms with van der Waals surface area (Å²) in [7, 11) is 1.62. The summed E-state index contributed by atoms with van der Waals surface area (Å²) >= 11 is 0. The fourth-order valence-electron chi connectivity index (χ4n) is 1.43. The molecule has 0 N–H and O–H groups in total. The first-order valence-electron chi connectivity index (χ1n) is 5.17. The van der Waals surface area contributed by atoms with E-state index in [0.29, 0.717) is 6.61 Å². The summed E-state index contributed by atoms with van der Waals surface area (Å²) < 4.78 is 10.1. The molecule has 0 aliphatic rings. The molecule has 0 heterocycles. The van der Waals surface area contributed by atoms with Gasteiger partial charge in [0.15, 0.2) is 0 Å². The van der Waals surface area contributed by atoms with E-state index in [4.69, 9.17) is 9.47 Å². The quantitative estimate of drug-likeness (QED) is 0.578. The van der Waals surface area contributed by atoms with Crippen molar-refractivity contribution in [2.24, 2.45) is 0 Å². The van der Waals surface area contributed by atoms with Gasteiger partial charge in [0.05, 0.1) is 13.7 Å². The summed E-state index contributed by atoms with van der Waals surface area (Å²) in [6.45, 7) is 4.12. The van der Waals surface area contributed by atoms with Gasteiger partial charge in [-0.1, -0.05) is 18.2 Å². The molecule has 0 saturated heterocycles. The molecule has 1 aromatic carbocycles. The van der Waals surface area contributed by atoms with Crippen molar-refractivity contribution < 1.29 is 14.3 Å². The highest BCUT2D eigenvalue weighted by Gasteiger charge is 2.03. The van der Waals surface area contributed by atoms with E-state index >= 15 is 0 Å². The zero-order chi connectivity index (χ0) is 12.0. The topological polar surface area (TPSA) is 35.5 Å². The van der Waals surface area contributed by atoms with Crippen molar-refractivity contribution in [3.8, 4) is 5.75 Å². The maximum absolute atomic E-state index is 11.2. The Morgan fingerprint density at radius 1 is 1.44 bits per heavy atom. The second-order valence-corrected chi connectivity index (χ2v) is 3.28. The number of carbonyl (C=O) groups is 1. The molecule has 0 spiro atoms. The zero-order valence-corrected chi connectivity index (χ0v) is 9.82.